The van der Waals surface area contributed by atoms with Gasteiger partial charge in [-0.25, -0.2) is 9.97 Å². The van der Waals surface area contributed by atoms with Gasteiger partial charge in [0.25, 0.3) is 17.7 Å². The highest BCUT2D eigenvalue weighted by atomic mass is 32.1. The molecule has 0 radical (unpaired) electrons. The van der Waals surface area contributed by atoms with Gasteiger partial charge in [-0.2, -0.15) is 0 Å². The molecule has 12 nitrogen and oxygen atoms in total. The summed E-state index contributed by atoms with van der Waals surface area (Å²) in [6.45, 7) is 10.8. The minimum absolute atomic E-state index is 0.0384. The fraction of sp³-hybridized carbons (Fsp3) is 0.464. The van der Waals surface area contributed by atoms with Gasteiger partial charge in [0.15, 0.2) is 5.69 Å². The number of fused-ring (bicyclic) bond motifs is 4. The number of thiazole rings is 1. The van der Waals surface area contributed by atoms with Crippen LogP contribution in [-0.2, 0) is 4.79 Å². The first kappa shape index (κ1) is 29.8. The maximum absolute atomic E-state index is 13.4. The van der Waals surface area contributed by atoms with Gasteiger partial charge < -0.3 is 25.3 Å². The number of aryl methyl sites for hydroxylation is 1. The zero-order chi connectivity index (χ0) is 29.8. The highest BCUT2D eigenvalue weighted by Gasteiger charge is 2.31. The van der Waals surface area contributed by atoms with E-state index in [2.05, 4.69) is 30.9 Å². The van der Waals surface area contributed by atoms with Crippen molar-refractivity contribution in [1.29, 1.82) is 0 Å². The summed E-state index contributed by atoms with van der Waals surface area (Å²) in [5.74, 6) is -1.46. The molecule has 0 saturated carbocycles. The van der Waals surface area contributed by atoms with E-state index in [4.69, 9.17) is 4.42 Å². The summed E-state index contributed by atoms with van der Waals surface area (Å²) in [4.78, 5) is 67.5. The van der Waals surface area contributed by atoms with Crippen molar-refractivity contribution in [3.8, 4) is 0 Å². The number of carbonyl (C=O) groups excluding carboxylic acids is 4. The third-order valence-corrected chi connectivity index (χ3v) is 7.56. The molecule has 0 saturated heterocycles. The van der Waals surface area contributed by atoms with Gasteiger partial charge in [-0.15, -0.1) is 11.3 Å². The number of hydrogen-bond acceptors (Lipinski definition) is 9. The Morgan fingerprint density at radius 1 is 1.02 bits per heavy atom. The quantitative estimate of drug-likeness (QED) is 0.426. The number of nitrogens with zero attached hydrogens (tertiary/aromatic N) is 4. The number of amides is 4. The van der Waals surface area contributed by atoms with E-state index in [1.54, 1.807) is 37.4 Å². The Hall–Kier alpha value is -4.13. The highest BCUT2D eigenvalue weighted by molar-refractivity contribution is 7.09. The van der Waals surface area contributed by atoms with Crippen molar-refractivity contribution in [3.05, 3.63) is 63.5 Å². The Kier molecular flexibility index (Phi) is 9.16. The van der Waals surface area contributed by atoms with Crippen molar-refractivity contribution in [2.24, 2.45) is 11.8 Å². The first-order chi connectivity index (χ1) is 19.4. The lowest BCUT2D eigenvalue weighted by Crippen LogP contribution is -2.49. The van der Waals surface area contributed by atoms with Gasteiger partial charge in [0.2, 0.25) is 11.8 Å². The van der Waals surface area contributed by atoms with Crippen LogP contribution in [0.15, 0.2) is 34.2 Å². The van der Waals surface area contributed by atoms with Crippen LogP contribution in [0.1, 0.15) is 94.8 Å². The zero-order valence-corrected chi connectivity index (χ0v) is 24.7. The van der Waals surface area contributed by atoms with Crippen molar-refractivity contribution < 1.29 is 23.6 Å². The molecule has 0 fully saturated rings. The average molecular weight is 582 g/mol. The topological polar surface area (TPSA) is 159 Å². The van der Waals surface area contributed by atoms with Crippen molar-refractivity contribution in [3.63, 3.8) is 0 Å². The number of nitrogens with one attached hydrogen (secondary N) is 3. The summed E-state index contributed by atoms with van der Waals surface area (Å²) in [5, 5.41) is 11.0. The van der Waals surface area contributed by atoms with Crippen LogP contribution in [-0.4, -0.2) is 62.6 Å². The molecule has 0 spiro atoms. The van der Waals surface area contributed by atoms with E-state index in [0.29, 0.717) is 10.8 Å². The van der Waals surface area contributed by atoms with Crippen molar-refractivity contribution >= 4 is 35.0 Å². The highest BCUT2D eigenvalue weighted by Crippen LogP contribution is 2.27. The third kappa shape index (κ3) is 6.96. The van der Waals surface area contributed by atoms with E-state index in [9.17, 15) is 19.2 Å². The van der Waals surface area contributed by atoms with Gasteiger partial charge in [-0.1, -0.05) is 33.8 Å². The van der Waals surface area contributed by atoms with Crippen molar-refractivity contribution in [1.82, 2.24) is 35.8 Å². The van der Waals surface area contributed by atoms with Gasteiger partial charge in [-0.05, 0) is 37.8 Å². The van der Waals surface area contributed by atoms with Crippen LogP contribution in [0.4, 0.5) is 0 Å². The standard InChI is InChI=1S/C28H35N7O5S/c1-14(2)21-26-34-23(17(6)40-26)25(38)30-16(5)11-35(28(39)18-9-7-8-10-29-18)12-20(36)32-22(15(3)4)27-31-19(13-41-27)24(37)33-21/h7-10,13-16,21-22H,11-12H2,1-6H3,(H,30,38)(H,32,36)(H,33,37)/t16-,21-,22+/m1/s1. The summed E-state index contributed by atoms with van der Waals surface area (Å²) in [7, 11) is 0. The average Bonchev–Trinajstić information content (AvgIpc) is 3.56. The third-order valence-electron chi connectivity index (χ3n) is 6.63. The van der Waals surface area contributed by atoms with E-state index >= 15 is 0 Å². The lowest BCUT2D eigenvalue weighted by atomic mass is 10.0. The molecule has 41 heavy (non-hydrogen) atoms. The summed E-state index contributed by atoms with van der Waals surface area (Å²) < 4.78 is 5.84. The van der Waals surface area contributed by atoms with Crippen LogP contribution in [0.5, 0.6) is 0 Å². The molecule has 1 aliphatic rings. The van der Waals surface area contributed by atoms with Crippen LogP contribution in [0.3, 0.4) is 0 Å². The Labute approximate surface area is 242 Å². The lowest BCUT2D eigenvalue weighted by molar-refractivity contribution is -0.122. The summed E-state index contributed by atoms with van der Waals surface area (Å²) in [5.41, 5.74) is 0.441. The van der Waals surface area contributed by atoms with Gasteiger partial charge >= 0.3 is 0 Å². The second-order valence-corrected chi connectivity index (χ2v) is 11.7. The number of aromatic nitrogens is 3. The first-order valence-corrected chi connectivity index (χ1v) is 14.4. The summed E-state index contributed by atoms with van der Waals surface area (Å²) in [6.07, 6.45) is 1.50. The Balaban J connectivity index is 1.73. The Morgan fingerprint density at radius 2 is 1.76 bits per heavy atom. The maximum Gasteiger partial charge on any atom is 0.273 e. The second kappa shape index (κ2) is 12.6. The number of rotatable bonds is 3. The molecule has 0 unspecified atom stereocenters. The molecule has 3 aromatic heterocycles. The Morgan fingerprint density at radius 3 is 2.41 bits per heavy atom. The number of pyridine rings is 1. The van der Waals surface area contributed by atoms with Gasteiger partial charge in [-0.3, -0.25) is 24.2 Å². The van der Waals surface area contributed by atoms with Crippen molar-refractivity contribution in [2.75, 3.05) is 13.1 Å². The molecule has 4 heterocycles. The summed E-state index contributed by atoms with van der Waals surface area (Å²) in [6, 6.07) is 3.29. The van der Waals surface area contributed by atoms with Gasteiger partial charge in [0, 0.05) is 24.2 Å². The largest absolute Gasteiger partial charge is 0.443 e. The normalized spacial score (nSPS) is 20.7. The SMILES string of the molecule is Cc1oc2nc1C(=O)N[C@H](C)CN(C(=O)c1ccccn1)CC(=O)N[C@@H](C(C)C)c1nc(cs1)C(=O)N[C@@H]2C(C)C. The van der Waals surface area contributed by atoms with Crippen LogP contribution in [0.25, 0.3) is 0 Å². The minimum atomic E-state index is -0.615. The Bertz CT molecular complexity index is 1420. The predicted octanol–water partition coefficient (Wildman–Crippen LogP) is 3.05. The minimum Gasteiger partial charge on any atom is -0.443 e. The lowest BCUT2D eigenvalue weighted by Gasteiger charge is -2.27. The van der Waals surface area contributed by atoms with E-state index in [1.165, 1.54) is 22.4 Å². The van der Waals surface area contributed by atoms with Crippen LogP contribution in [0.2, 0.25) is 0 Å². The molecule has 4 bridgehead atoms. The van der Waals surface area contributed by atoms with E-state index in [1.807, 2.05) is 27.7 Å². The molecule has 4 rings (SSSR count). The number of carbonyl (C=O) groups is 4. The maximum atomic E-state index is 13.4. The molecular weight excluding hydrogens is 546 g/mol. The molecule has 3 atom stereocenters. The summed E-state index contributed by atoms with van der Waals surface area (Å²) >= 11 is 1.27. The fourth-order valence-corrected chi connectivity index (χ4v) is 5.49. The molecule has 218 valence electrons. The van der Waals surface area contributed by atoms with E-state index in [-0.39, 0.29) is 47.9 Å². The monoisotopic (exact) mass is 581 g/mol. The van der Waals surface area contributed by atoms with E-state index < -0.39 is 41.8 Å². The van der Waals surface area contributed by atoms with Crippen LogP contribution in [0, 0.1) is 18.8 Å². The smallest absolute Gasteiger partial charge is 0.273 e. The molecule has 13 heteroatoms. The molecule has 4 amide bonds. The number of hydrogen-bond donors (Lipinski definition) is 3. The van der Waals surface area contributed by atoms with E-state index in [0.717, 1.165) is 0 Å². The van der Waals surface area contributed by atoms with Crippen molar-refractivity contribution in [2.45, 2.75) is 59.7 Å². The second-order valence-electron chi connectivity index (χ2n) is 10.8. The molecule has 1 aliphatic heterocycles. The molecule has 0 aliphatic carbocycles. The molecule has 3 N–H and O–H groups in total. The number of oxazole rings is 1. The fourth-order valence-electron chi connectivity index (χ4n) is 4.47. The molecular formula is C28H35N7O5S. The van der Waals surface area contributed by atoms with Crippen LogP contribution >= 0.6 is 11.3 Å². The first-order valence-electron chi connectivity index (χ1n) is 13.5. The predicted molar refractivity (Wildman–Crippen MR) is 151 cm³/mol. The van der Waals surface area contributed by atoms with Gasteiger partial charge in [0.05, 0.1) is 12.6 Å². The molecule has 3 aromatic rings. The van der Waals surface area contributed by atoms with Crippen LogP contribution < -0.4 is 16.0 Å². The molecule has 0 aromatic carbocycles. The van der Waals surface area contributed by atoms with Gasteiger partial charge in [0.1, 0.15) is 28.2 Å². The zero-order valence-electron chi connectivity index (χ0n) is 23.9.